The molecule has 0 aliphatic carbocycles. The van der Waals surface area contributed by atoms with Gasteiger partial charge in [-0.3, -0.25) is 28.5 Å². The van der Waals surface area contributed by atoms with Crippen molar-refractivity contribution < 1.29 is 29.4 Å². The van der Waals surface area contributed by atoms with Crippen LogP contribution in [-0.4, -0.2) is 72.5 Å². The zero-order valence-corrected chi connectivity index (χ0v) is 16.8. The molecule has 2 aromatic rings. The van der Waals surface area contributed by atoms with Crippen molar-refractivity contribution >= 4 is 30.6 Å². The van der Waals surface area contributed by atoms with E-state index in [0.717, 1.165) is 0 Å². The first-order chi connectivity index (χ1) is 14.4. The van der Waals surface area contributed by atoms with Gasteiger partial charge in [-0.25, -0.2) is 0 Å². The molecule has 3 N–H and O–H groups in total. The molecule has 1 aliphatic heterocycles. The molecule has 12 heteroatoms. The van der Waals surface area contributed by atoms with Crippen LogP contribution >= 0.6 is 0 Å². The molecule has 2 aromatic heterocycles. The fourth-order valence-corrected chi connectivity index (χ4v) is 3.15. The standard InChI is InChI=1S/C16H22N6O2.2CH2O2/c1-3-14(23)21-11-6-16(7-12-21,22-9-4-8-17-22)15(24)18-13-5-10-20(2)19-13;2*2-1-3/h4-5,8-10H,3,6-7,11-12H2,1-2H3,(H,18,19,24);2*1H,(H,2,3). The fourth-order valence-electron chi connectivity index (χ4n) is 3.15. The van der Waals surface area contributed by atoms with Crippen LogP contribution in [0.3, 0.4) is 0 Å². The number of anilines is 1. The van der Waals surface area contributed by atoms with Gasteiger partial charge in [0.15, 0.2) is 5.82 Å². The van der Waals surface area contributed by atoms with Crippen molar-refractivity contribution in [1.82, 2.24) is 24.5 Å². The Labute approximate surface area is 173 Å². The molecule has 30 heavy (non-hydrogen) atoms. The Kier molecular flexibility index (Phi) is 9.73. The maximum absolute atomic E-state index is 13.0. The minimum absolute atomic E-state index is 0.120. The van der Waals surface area contributed by atoms with Gasteiger partial charge in [-0.15, -0.1) is 0 Å². The Bertz CT molecular complexity index is 805. The highest BCUT2D eigenvalue weighted by atomic mass is 16.3. The number of carboxylic acid groups (broad SMARTS) is 2. The Hall–Kier alpha value is -3.70. The molecule has 164 valence electrons. The summed E-state index contributed by atoms with van der Waals surface area (Å²) in [5.74, 6) is 0.490. The van der Waals surface area contributed by atoms with E-state index in [-0.39, 0.29) is 24.8 Å². The number of amides is 2. The average molecular weight is 422 g/mol. The second-order valence-electron chi connectivity index (χ2n) is 6.26. The lowest BCUT2D eigenvalue weighted by molar-refractivity contribution is -0.137. The van der Waals surface area contributed by atoms with Gasteiger partial charge in [0.05, 0.1) is 0 Å². The van der Waals surface area contributed by atoms with E-state index in [2.05, 4.69) is 15.5 Å². The van der Waals surface area contributed by atoms with Gasteiger partial charge in [0, 0.05) is 51.2 Å². The zero-order valence-electron chi connectivity index (χ0n) is 16.8. The smallest absolute Gasteiger partial charge is 0.290 e. The van der Waals surface area contributed by atoms with Crippen molar-refractivity contribution in [1.29, 1.82) is 0 Å². The summed E-state index contributed by atoms with van der Waals surface area (Å²) in [6.07, 6.45) is 6.78. The van der Waals surface area contributed by atoms with E-state index in [0.29, 0.717) is 38.2 Å². The molecule has 0 bridgehead atoms. The van der Waals surface area contributed by atoms with Crippen LogP contribution in [0.2, 0.25) is 0 Å². The molecule has 1 saturated heterocycles. The van der Waals surface area contributed by atoms with Gasteiger partial charge in [-0.2, -0.15) is 10.2 Å². The Morgan fingerprint density at radius 2 is 1.80 bits per heavy atom. The summed E-state index contributed by atoms with van der Waals surface area (Å²) in [5, 5.41) is 25.2. The van der Waals surface area contributed by atoms with Crippen molar-refractivity contribution in [3.8, 4) is 0 Å². The molecule has 3 rings (SSSR count). The number of nitrogens with zero attached hydrogens (tertiary/aromatic N) is 5. The van der Waals surface area contributed by atoms with Crippen LogP contribution in [0.1, 0.15) is 26.2 Å². The van der Waals surface area contributed by atoms with Gasteiger partial charge in [0.1, 0.15) is 5.54 Å². The molecule has 0 aromatic carbocycles. The SMILES string of the molecule is CCC(=O)N1CCC(C(=O)Nc2ccn(C)n2)(n2cccn2)CC1.O=CO.O=CO. The summed E-state index contributed by atoms with van der Waals surface area (Å²) in [4.78, 5) is 43.5. The molecule has 1 fully saturated rings. The van der Waals surface area contributed by atoms with Gasteiger partial charge in [0.2, 0.25) is 5.91 Å². The quantitative estimate of drug-likeness (QED) is 0.596. The van der Waals surface area contributed by atoms with E-state index in [1.54, 1.807) is 47.1 Å². The van der Waals surface area contributed by atoms with Gasteiger partial charge < -0.3 is 20.4 Å². The Morgan fingerprint density at radius 3 is 2.23 bits per heavy atom. The first kappa shape index (κ1) is 24.3. The molecular weight excluding hydrogens is 396 g/mol. The lowest BCUT2D eigenvalue weighted by Gasteiger charge is -2.40. The molecule has 0 radical (unpaired) electrons. The highest BCUT2D eigenvalue weighted by Gasteiger charge is 2.44. The van der Waals surface area contributed by atoms with Crippen molar-refractivity contribution in [3.63, 3.8) is 0 Å². The first-order valence-corrected chi connectivity index (χ1v) is 9.13. The predicted octanol–water partition coefficient (Wildman–Crippen LogP) is 0.385. The highest BCUT2D eigenvalue weighted by molar-refractivity contribution is 5.96. The summed E-state index contributed by atoms with van der Waals surface area (Å²) in [6, 6.07) is 3.56. The van der Waals surface area contributed by atoms with Crippen molar-refractivity contribution in [3.05, 3.63) is 30.7 Å². The molecular formula is C18H26N6O6. The minimum atomic E-state index is -0.800. The van der Waals surface area contributed by atoms with Crippen LogP contribution in [0, 0.1) is 0 Å². The first-order valence-electron chi connectivity index (χ1n) is 9.13. The summed E-state index contributed by atoms with van der Waals surface area (Å²) in [6.45, 7) is 2.44. The normalized spacial score (nSPS) is 14.3. The van der Waals surface area contributed by atoms with Crippen LogP contribution in [0.4, 0.5) is 5.82 Å². The predicted molar refractivity (Wildman–Crippen MR) is 106 cm³/mol. The number of carbonyl (C=O) groups is 4. The molecule has 1 aliphatic rings. The fraction of sp³-hybridized carbons (Fsp3) is 0.444. The molecule has 0 atom stereocenters. The molecule has 12 nitrogen and oxygen atoms in total. The minimum Gasteiger partial charge on any atom is -0.483 e. The van der Waals surface area contributed by atoms with Gasteiger partial charge >= 0.3 is 0 Å². The van der Waals surface area contributed by atoms with E-state index in [1.165, 1.54) is 0 Å². The van der Waals surface area contributed by atoms with Crippen LogP contribution in [-0.2, 0) is 31.8 Å². The maximum Gasteiger partial charge on any atom is 0.290 e. The number of rotatable bonds is 4. The summed E-state index contributed by atoms with van der Waals surface area (Å²) in [7, 11) is 1.80. The van der Waals surface area contributed by atoms with Gasteiger partial charge in [-0.1, -0.05) is 6.92 Å². The largest absolute Gasteiger partial charge is 0.483 e. The summed E-state index contributed by atoms with van der Waals surface area (Å²) >= 11 is 0. The summed E-state index contributed by atoms with van der Waals surface area (Å²) < 4.78 is 3.34. The average Bonchev–Trinajstić information content (AvgIpc) is 3.41. The van der Waals surface area contributed by atoms with E-state index in [4.69, 9.17) is 19.8 Å². The number of aromatic nitrogens is 4. The number of aryl methyl sites for hydroxylation is 1. The second kappa shape index (κ2) is 12.0. The third kappa shape index (κ3) is 6.15. The van der Waals surface area contributed by atoms with Gasteiger partial charge in [-0.05, 0) is 18.9 Å². The number of hydrogen-bond acceptors (Lipinski definition) is 6. The lowest BCUT2D eigenvalue weighted by atomic mass is 9.86. The van der Waals surface area contributed by atoms with Gasteiger partial charge in [0.25, 0.3) is 18.9 Å². The van der Waals surface area contributed by atoms with Crippen molar-refractivity contribution in [2.75, 3.05) is 18.4 Å². The number of piperidine rings is 1. The van der Waals surface area contributed by atoms with Crippen LogP contribution in [0.25, 0.3) is 0 Å². The lowest BCUT2D eigenvalue weighted by Crippen LogP contribution is -2.54. The zero-order chi connectivity index (χ0) is 22.6. The molecule has 3 heterocycles. The molecule has 2 amide bonds. The monoisotopic (exact) mass is 422 g/mol. The third-order valence-electron chi connectivity index (χ3n) is 4.57. The van der Waals surface area contributed by atoms with Crippen LogP contribution in [0.15, 0.2) is 30.7 Å². The Morgan fingerprint density at radius 1 is 1.20 bits per heavy atom. The second-order valence-corrected chi connectivity index (χ2v) is 6.26. The van der Waals surface area contributed by atoms with Crippen LogP contribution in [0.5, 0.6) is 0 Å². The maximum atomic E-state index is 13.0. The topological polar surface area (TPSA) is 160 Å². The van der Waals surface area contributed by atoms with E-state index < -0.39 is 5.54 Å². The number of nitrogens with one attached hydrogen (secondary N) is 1. The molecule has 0 unspecified atom stereocenters. The van der Waals surface area contributed by atoms with E-state index in [9.17, 15) is 9.59 Å². The molecule has 0 spiro atoms. The number of hydrogen-bond donors (Lipinski definition) is 3. The van der Waals surface area contributed by atoms with Crippen molar-refractivity contribution in [2.45, 2.75) is 31.7 Å². The van der Waals surface area contributed by atoms with Crippen molar-refractivity contribution in [2.24, 2.45) is 7.05 Å². The Balaban J connectivity index is 0.000000672. The van der Waals surface area contributed by atoms with E-state index in [1.807, 2.05) is 11.8 Å². The van der Waals surface area contributed by atoms with E-state index >= 15 is 0 Å². The highest BCUT2D eigenvalue weighted by Crippen LogP contribution is 2.31. The third-order valence-corrected chi connectivity index (χ3v) is 4.57. The number of carbonyl (C=O) groups excluding carboxylic acids is 2. The van der Waals surface area contributed by atoms with Crippen LogP contribution < -0.4 is 5.32 Å². The number of likely N-dealkylation sites (tertiary alicyclic amines) is 1. The summed E-state index contributed by atoms with van der Waals surface area (Å²) in [5.41, 5.74) is -0.800. The molecule has 0 saturated carbocycles.